The van der Waals surface area contributed by atoms with Gasteiger partial charge in [0.1, 0.15) is 0 Å². The van der Waals surface area contributed by atoms with Crippen molar-refractivity contribution in [2.75, 3.05) is 5.33 Å². The van der Waals surface area contributed by atoms with Crippen LogP contribution in [0.1, 0.15) is 68.6 Å². The Balaban J connectivity index is 1.79. The van der Waals surface area contributed by atoms with Crippen LogP contribution >= 0.6 is 15.9 Å². The molecule has 0 spiro atoms. The fraction of sp³-hybridized carbons (Fsp3) is 0.667. The minimum absolute atomic E-state index is 0.0750. The Kier molecular flexibility index (Phi) is 4.83. The van der Waals surface area contributed by atoms with Crippen LogP contribution in [0, 0.1) is 0 Å². The van der Waals surface area contributed by atoms with Crippen molar-refractivity contribution in [3.8, 4) is 0 Å². The van der Waals surface area contributed by atoms with Crippen molar-refractivity contribution in [3.05, 3.63) is 35.4 Å². The lowest BCUT2D eigenvalue weighted by Crippen LogP contribution is -2.36. The van der Waals surface area contributed by atoms with Gasteiger partial charge in [-0.15, -0.1) is 0 Å². The number of hydrogen-bond acceptors (Lipinski definition) is 1. The van der Waals surface area contributed by atoms with Gasteiger partial charge in [-0.25, -0.2) is 0 Å². The number of ether oxygens (including phenoxy) is 1. The number of rotatable bonds is 3. The Morgan fingerprint density at radius 3 is 2.55 bits per heavy atom. The van der Waals surface area contributed by atoms with Gasteiger partial charge in [-0.05, 0) is 43.2 Å². The van der Waals surface area contributed by atoms with Crippen LogP contribution in [0.2, 0.25) is 0 Å². The van der Waals surface area contributed by atoms with E-state index in [1.807, 2.05) is 0 Å². The van der Waals surface area contributed by atoms with E-state index in [-0.39, 0.29) is 5.60 Å². The molecule has 0 aliphatic heterocycles. The first-order chi connectivity index (χ1) is 9.83. The van der Waals surface area contributed by atoms with Gasteiger partial charge in [0.05, 0.1) is 11.7 Å². The normalized spacial score (nSPS) is 25.8. The van der Waals surface area contributed by atoms with Crippen LogP contribution in [0.15, 0.2) is 24.3 Å². The topological polar surface area (TPSA) is 9.23 Å². The van der Waals surface area contributed by atoms with E-state index in [0.29, 0.717) is 6.10 Å². The third-order valence-electron chi connectivity index (χ3n) is 4.96. The summed E-state index contributed by atoms with van der Waals surface area (Å²) in [5, 5.41) is 0.985. The highest BCUT2D eigenvalue weighted by molar-refractivity contribution is 9.09. The number of fused-ring (bicyclic) bond motifs is 1. The highest BCUT2D eigenvalue weighted by atomic mass is 79.9. The molecule has 1 aromatic carbocycles. The monoisotopic (exact) mass is 336 g/mol. The van der Waals surface area contributed by atoms with E-state index >= 15 is 0 Å². The summed E-state index contributed by atoms with van der Waals surface area (Å²) in [6.45, 7) is 0. The lowest BCUT2D eigenvalue weighted by Gasteiger charge is -2.37. The minimum Gasteiger partial charge on any atom is -0.366 e. The molecular weight excluding hydrogens is 312 g/mol. The summed E-state index contributed by atoms with van der Waals surface area (Å²) in [6, 6.07) is 8.87. The zero-order valence-electron chi connectivity index (χ0n) is 12.2. The second-order valence-electron chi connectivity index (χ2n) is 6.43. The van der Waals surface area contributed by atoms with Crippen molar-refractivity contribution in [1.82, 2.24) is 0 Å². The van der Waals surface area contributed by atoms with Gasteiger partial charge in [-0.2, -0.15) is 0 Å². The lowest BCUT2D eigenvalue weighted by molar-refractivity contribution is -0.0950. The summed E-state index contributed by atoms with van der Waals surface area (Å²) in [5.74, 6) is 0. The van der Waals surface area contributed by atoms with E-state index in [9.17, 15) is 0 Å². The summed E-state index contributed by atoms with van der Waals surface area (Å²) in [5.41, 5.74) is 3.02. The predicted molar refractivity (Wildman–Crippen MR) is 87.4 cm³/mol. The molecular formula is C18H25BrO. The van der Waals surface area contributed by atoms with Crippen LogP contribution in [0.4, 0.5) is 0 Å². The molecule has 110 valence electrons. The molecule has 0 radical (unpaired) electrons. The van der Waals surface area contributed by atoms with Crippen LogP contribution in [0.5, 0.6) is 0 Å². The Hall–Kier alpha value is -0.340. The summed E-state index contributed by atoms with van der Waals surface area (Å²) < 4.78 is 6.73. The molecule has 2 aliphatic carbocycles. The zero-order chi connectivity index (χ0) is 13.8. The number of alkyl halides is 1. The standard InChI is InChI=1S/C18H25BrO/c19-14-18(12-5-1-2-6-13-18)20-17-11-7-9-15-8-3-4-10-16(15)17/h3-4,8,10,17H,1-2,5-7,9,11-14H2. The maximum absolute atomic E-state index is 6.73. The molecule has 1 unspecified atom stereocenters. The third kappa shape index (κ3) is 3.12. The Bertz CT molecular complexity index is 435. The van der Waals surface area contributed by atoms with E-state index in [1.54, 1.807) is 0 Å². The molecule has 0 bridgehead atoms. The van der Waals surface area contributed by atoms with E-state index in [2.05, 4.69) is 40.2 Å². The summed E-state index contributed by atoms with van der Waals surface area (Å²) in [6.07, 6.45) is 11.8. The molecule has 1 saturated carbocycles. The lowest BCUT2D eigenvalue weighted by atomic mass is 9.88. The fourth-order valence-corrected chi connectivity index (χ4v) is 4.48. The predicted octanol–water partition coefficient (Wildman–Crippen LogP) is 5.57. The van der Waals surface area contributed by atoms with E-state index in [4.69, 9.17) is 4.74 Å². The van der Waals surface area contributed by atoms with Crippen molar-refractivity contribution in [2.24, 2.45) is 0 Å². The van der Waals surface area contributed by atoms with Gasteiger partial charge in [0.2, 0.25) is 0 Å². The van der Waals surface area contributed by atoms with Crippen molar-refractivity contribution >= 4 is 15.9 Å². The molecule has 0 aromatic heterocycles. The van der Waals surface area contributed by atoms with Crippen molar-refractivity contribution in [1.29, 1.82) is 0 Å². The van der Waals surface area contributed by atoms with E-state index in [0.717, 1.165) is 5.33 Å². The smallest absolute Gasteiger partial charge is 0.0835 e. The first kappa shape index (κ1) is 14.6. The van der Waals surface area contributed by atoms with Gasteiger partial charge in [0.15, 0.2) is 0 Å². The molecule has 1 atom stereocenters. The number of benzene rings is 1. The second kappa shape index (κ2) is 6.62. The third-order valence-corrected chi connectivity index (χ3v) is 5.99. The van der Waals surface area contributed by atoms with Crippen LogP contribution in [-0.4, -0.2) is 10.9 Å². The number of hydrogen-bond donors (Lipinski definition) is 0. The van der Waals surface area contributed by atoms with Gasteiger partial charge in [-0.3, -0.25) is 0 Å². The van der Waals surface area contributed by atoms with Gasteiger partial charge >= 0.3 is 0 Å². The molecule has 1 aromatic rings. The van der Waals surface area contributed by atoms with Crippen molar-refractivity contribution in [2.45, 2.75) is 69.5 Å². The SMILES string of the molecule is BrCC1(OC2CCCc3ccccc32)CCCCCC1. The zero-order valence-corrected chi connectivity index (χ0v) is 13.8. The first-order valence-electron chi connectivity index (χ1n) is 8.15. The Morgan fingerprint density at radius 1 is 1.05 bits per heavy atom. The van der Waals surface area contributed by atoms with Crippen LogP contribution in [0.3, 0.4) is 0 Å². The highest BCUT2D eigenvalue weighted by Gasteiger charge is 2.35. The van der Waals surface area contributed by atoms with Crippen molar-refractivity contribution in [3.63, 3.8) is 0 Å². The molecule has 2 heteroatoms. The summed E-state index contributed by atoms with van der Waals surface area (Å²) in [7, 11) is 0. The molecule has 0 N–H and O–H groups in total. The Morgan fingerprint density at radius 2 is 1.80 bits per heavy atom. The maximum Gasteiger partial charge on any atom is 0.0835 e. The molecule has 2 aliphatic rings. The average Bonchev–Trinajstić information content (AvgIpc) is 2.74. The van der Waals surface area contributed by atoms with Gasteiger partial charge in [-0.1, -0.05) is 65.9 Å². The summed E-state index contributed by atoms with van der Waals surface area (Å²) >= 11 is 3.74. The van der Waals surface area contributed by atoms with Crippen LogP contribution in [0.25, 0.3) is 0 Å². The molecule has 20 heavy (non-hydrogen) atoms. The van der Waals surface area contributed by atoms with E-state index in [1.165, 1.54) is 68.9 Å². The quantitative estimate of drug-likeness (QED) is 0.518. The van der Waals surface area contributed by atoms with Crippen LogP contribution < -0.4 is 0 Å². The van der Waals surface area contributed by atoms with Gasteiger partial charge < -0.3 is 4.74 Å². The molecule has 1 fully saturated rings. The number of halogens is 1. The van der Waals surface area contributed by atoms with Crippen molar-refractivity contribution < 1.29 is 4.74 Å². The average molecular weight is 337 g/mol. The van der Waals surface area contributed by atoms with Gasteiger partial charge in [0.25, 0.3) is 0 Å². The Labute approximate surface area is 131 Å². The largest absolute Gasteiger partial charge is 0.366 e. The van der Waals surface area contributed by atoms with Gasteiger partial charge in [0, 0.05) is 5.33 Å². The second-order valence-corrected chi connectivity index (χ2v) is 6.99. The maximum atomic E-state index is 6.73. The highest BCUT2D eigenvalue weighted by Crippen LogP contribution is 2.40. The number of aryl methyl sites for hydroxylation is 1. The molecule has 0 amide bonds. The molecule has 1 nitrogen and oxygen atoms in total. The van der Waals surface area contributed by atoms with Crippen LogP contribution in [-0.2, 0) is 11.2 Å². The summed E-state index contributed by atoms with van der Waals surface area (Å²) in [4.78, 5) is 0. The fourth-order valence-electron chi connectivity index (χ4n) is 3.79. The molecule has 0 heterocycles. The molecule has 3 rings (SSSR count). The minimum atomic E-state index is 0.0750. The first-order valence-corrected chi connectivity index (χ1v) is 9.27. The van der Waals surface area contributed by atoms with E-state index < -0.39 is 0 Å². The molecule has 0 saturated heterocycles.